The SMILES string of the molecule is CCCN(CC)C(=N)NC(N)=O.Cl. The number of halogens is 1. The molecule has 0 fully saturated rings. The lowest BCUT2D eigenvalue weighted by molar-refractivity contribution is 0.251. The van der Waals surface area contributed by atoms with E-state index in [1.54, 1.807) is 4.90 Å². The Morgan fingerprint density at radius 2 is 2.08 bits per heavy atom. The third-order valence-corrected chi connectivity index (χ3v) is 1.43. The van der Waals surface area contributed by atoms with Crippen molar-refractivity contribution in [2.45, 2.75) is 20.3 Å². The maximum Gasteiger partial charge on any atom is 0.318 e. The van der Waals surface area contributed by atoms with Crippen molar-refractivity contribution >= 4 is 24.4 Å². The second-order valence-corrected chi connectivity index (χ2v) is 2.42. The number of urea groups is 1. The lowest BCUT2D eigenvalue weighted by Gasteiger charge is -2.21. The summed E-state index contributed by atoms with van der Waals surface area (Å²) in [5, 5.41) is 9.62. The highest BCUT2D eigenvalue weighted by molar-refractivity contribution is 5.93. The van der Waals surface area contributed by atoms with Crippen molar-refractivity contribution in [3.8, 4) is 0 Å². The predicted octanol–water partition coefficient (Wildman–Crippen LogP) is 0.743. The standard InChI is InChI=1S/C7H16N4O.ClH/c1-3-5-11(4-2)6(8)10-7(9)12;/h3-5H2,1-2H3,(H4,8,9,10,12);1H. The summed E-state index contributed by atoms with van der Waals surface area (Å²) in [5.41, 5.74) is 4.86. The lowest BCUT2D eigenvalue weighted by Crippen LogP contribution is -2.45. The van der Waals surface area contributed by atoms with Gasteiger partial charge in [0.15, 0.2) is 5.96 Å². The predicted molar refractivity (Wildman–Crippen MR) is 55.2 cm³/mol. The van der Waals surface area contributed by atoms with E-state index in [-0.39, 0.29) is 18.4 Å². The first-order chi connectivity index (χ1) is 5.61. The fourth-order valence-corrected chi connectivity index (χ4v) is 0.894. The summed E-state index contributed by atoms with van der Waals surface area (Å²) in [6, 6.07) is -0.686. The molecule has 0 aliphatic carbocycles. The normalized spacial score (nSPS) is 8.46. The van der Waals surface area contributed by atoms with Crippen LogP contribution < -0.4 is 11.1 Å². The number of nitrogens with zero attached hydrogens (tertiary/aromatic N) is 1. The first kappa shape index (κ1) is 14.5. The average molecular weight is 209 g/mol. The molecule has 0 aliphatic heterocycles. The number of primary amides is 1. The zero-order valence-electron chi connectivity index (χ0n) is 7.96. The molecule has 0 atom stereocenters. The first-order valence-electron chi connectivity index (χ1n) is 4.01. The van der Waals surface area contributed by atoms with Gasteiger partial charge < -0.3 is 10.6 Å². The zero-order chi connectivity index (χ0) is 9.56. The Bertz CT molecular complexity index is 174. The van der Waals surface area contributed by atoms with E-state index in [0.29, 0.717) is 6.54 Å². The molecule has 0 radical (unpaired) electrons. The van der Waals surface area contributed by atoms with Gasteiger partial charge in [0.1, 0.15) is 0 Å². The Balaban J connectivity index is 0. The number of carbonyl (C=O) groups is 1. The molecule has 78 valence electrons. The van der Waals surface area contributed by atoms with Crippen LogP contribution >= 0.6 is 12.4 Å². The summed E-state index contributed by atoms with van der Waals surface area (Å²) in [6.07, 6.45) is 0.941. The third-order valence-electron chi connectivity index (χ3n) is 1.43. The molecule has 4 N–H and O–H groups in total. The van der Waals surface area contributed by atoms with E-state index in [1.807, 2.05) is 13.8 Å². The van der Waals surface area contributed by atoms with Gasteiger partial charge in [-0.05, 0) is 13.3 Å². The minimum atomic E-state index is -0.686. The molecule has 6 heteroatoms. The van der Waals surface area contributed by atoms with E-state index in [2.05, 4.69) is 5.32 Å². The highest BCUT2D eigenvalue weighted by Gasteiger charge is 2.06. The number of amides is 2. The van der Waals surface area contributed by atoms with Crippen LogP contribution in [0.1, 0.15) is 20.3 Å². The molecule has 5 nitrogen and oxygen atoms in total. The van der Waals surface area contributed by atoms with Crippen LogP contribution in [0.3, 0.4) is 0 Å². The van der Waals surface area contributed by atoms with Gasteiger partial charge in [-0.15, -0.1) is 12.4 Å². The van der Waals surface area contributed by atoms with Gasteiger partial charge in [0.25, 0.3) is 0 Å². The number of carbonyl (C=O) groups excluding carboxylic acids is 1. The van der Waals surface area contributed by atoms with Crippen molar-refractivity contribution in [2.75, 3.05) is 13.1 Å². The molecule has 0 spiro atoms. The smallest absolute Gasteiger partial charge is 0.318 e. The number of nitrogens with two attached hydrogens (primary N) is 1. The number of hydrogen-bond donors (Lipinski definition) is 3. The van der Waals surface area contributed by atoms with E-state index in [0.717, 1.165) is 13.0 Å². The fourth-order valence-electron chi connectivity index (χ4n) is 0.894. The summed E-state index contributed by atoms with van der Waals surface area (Å²) < 4.78 is 0. The minimum absolute atomic E-state index is 0. The van der Waals surface area contributed by atoms with Crippen molar-refractivity contribution in [3.05, 3.63) is 0 Å². The van der Waals surface area contributed by atoms with Crippen molar-refractivity contribution in [3.63, 3.8) is 0 Å². The van der Waals surface area contributed by atoms with Gasteiger partial charge in [0.05, 0.1) is 0 Å². The second kappa shape index (κ2) is 7.67. The topological polar surface area (TPSA) is 82.2 Å². The van der Waals surface area contributed by atoms with Crippen LogP contribution in [0.4, 0.5) is 4.79 Å². The van der Waals surface area contributed by atoms with Crippen LogP contribution in [0.2, 0.25) is 0 Å². The Hall–Kier alpha value is -0.970. The average Bonchev–Trinajstić information content (AvgIpc) is 1.98. The van der Waals surface area contributed by atoms with Gasteiger partial charge >= 0.3 is 6.03 Å². The van der Waals surface area contributed by atoms with Crippen LogP contribution in [0, 0.1) is 5.41 Å². The molecule has 0 saturated heterocycles. The second-order valence-electron chi connectivity index (χ2n) is 2.42. The molecule has 13 heavy (non-hydrogen) atoms. The summed E-state index contributed by atoms with van der Waals surface area (Å²) in [6.45, 7) is 5.40. The van der Waals surface area contributed by atoms with E-state index in [4.69, 9.17) is 11.1 Å². The van der Waals surface area contributed by atoms with Gasteiger partial charge in [-0.2, -0.15) is 0 Å². The van der Waals surface area contributed by atoms with Gasteiger partial charge in [0, 0.05) is 13.1 Å². The quantitative estimate of drug-likeness (QED) is 0.472. The lowest BCUT2D eigenvalue weighted by atomic mass is 10.4. The van der Waals surface area contributed by atoms with Gasteiger partial charge in [0.2, 0.25) is 0 Å². The Morgan fingerprint density at radius 3 is 2.38 bits per heavy atom. The van der Waals surface area contributed by atoms with Gasteiger partial charge in [-0.3, -0.25) is 10.7 Å². The molecular weight excluding hydrogens is 192 g/mol. The summed E-state index contributed by atoms with van der Waals surface area (Å²) in [4.78, 5) is 12.1. The highest BCUT2D eigenvalue weighted by atomic mass is 35.5. The van der Waals surface area contributed by atoms with Crippen LogP contribution in [0.25, 0.3) is 0 Å². The number of guanidine groups is 1. The molecule has 0 rings (SSSR count). The number of hydrogen-bond acceptors (Lipinski definition) is 2. The van der Waals surface area contributed by atoms with E-state index in [1.165, 1.54) is 0 Å². The van der Waals surface area contributed by atoms with E-state index in [9.17, 15) is 4.79 Å². The van der Waals surface area contributed by atoms with Gasteiger partial charge in [-0.1, -0.05) is 6.92 Å². The van der Waals surface area contributed by atoms with Crippen LogP contribution in [0.5, 0.6) is 0 Å². The van der Waals surface area contributed by atoms with Crippen molar-refractivity contribution < 1.29 is 4.79 Å². The summed E-state index contributed by atoms with van der Waals surface area (Å²) in [7, 11) is 0. The maximum absolute atomic E-state index is 10.4. The first-order valence-corrected chi connectivity index (χ1v) is 4.01. The Morgan fingerprint density at radius 1 is 1.54 bits per heavy atom. The van der Waals surface area contributed by atoms with E-state index < -0.39 is 6.03 Å². The number of nitrogens with one attached hydrogen (secondary N) is 2. The Kier molecular flexibility index (Phi) is 8.58. The van der Waals surface area contributed by atoms with E-state index >= 15 is 0 Å². The third kappa shape index (κ3) is 6.21. The minimum Gasteiger partial charge on any atom is -0.351 e. The molecule has 0 aromatic rings. The van der Waals surface area contributed by atoms with Crippen LogP contribution in [0.15, 0.2) is 0 Å². The molecular formula is C7H17ClN4O. The molecule has 0 aromatic carbocycles. The van der Waals surface area contributed by atoms with Crippen molar-refractivity contribution in [1.82, 2.24) is 10.2 Å². The summed E-state index contributed by atoms with van der Waals surface area (Å²) >= 11 is 0. The molecule has 0 aliphatic rings. The molecule has 0 unspecified atom stereocenters. The maximum atomic E-state index is 10.4. The van der Waals surface area contributed by atoms with Crippen LogP contribution in [-0.2, 0) is 0 Å². The summed E-state index contributed by atoms with van der Waals surface area (Å²) in [5.74, 6) is 0.0758. The number of rotatable bonds is 3. The van der Waals surface area contributed by atoms with Crippen molar-refractivity contribution in [2.24, 2.45) is 5.73 Å². The molecule has 0 bridgehead atoms. The zero-order valence-corrected chi connectivity index (χ0v) is 8.78. The van der Waals surface area contributed by atoms with Gasteiger partial charge in [-0.25, -0.2) is 4.79 Å². The fraction of sp³-hybridized carbons (Fsp3) is 0.714. The monoisotopic (exact) mass is 208 g/mol. The largest absolute Gasteiger partial charge is 0.351 e. The van der Waals surface area contributed by atoms with Crippen molar-refractivity contribution in [1.29, 1.82) is 5.41 Å². The molecule has 0 aromatic heterocycles. The highest BCUT2D eigenvalue weighted by Crippen LogP contribution is 1.89. The molecule has 0 heterocycles. The van der Waals surface area contributed by atoms with Crippen LogP contribution in [-0.4, -0.2) is 30.0 Å². The molecule has 0 saturated carbocycles. The Labute approximate surface area is 84.6 Å². The molecule has 2 amide bonds.